The van der Waals surface area contributed by atoms with Gasteiger partial charge in [-0.05, 0) is 18.4 Å². The first-order valence-electron chi connectivity index (χ1n) is 7.54. The van der Waals surface area contributed by atoms with E-state index in [1.165, 1.54) is 6.07 Å². The summed E-state index contributed by atoms with van der Waals surface area (Å²) in [7, 11) is 0. The minimum Gasteiger partial charge on any atom is -0.483 e. The first kappa shape index (κ1) is 16.3. The highest BCUT2D eigenvalue weighted by Crippen LogP contribution is 2.22. The fourth-order valence-corrected chi connectivity index (χ4v) is 2.52. The van der Waals surface area contributed by atoms with Crippen LogP contribution >= 0.6 is 0 Å². The molecular weight excluding hydrogens is 278 g/mol. The van der Waals surface area contributed by atoms with Gasteiger partial charge in [-0.1, -0.05) is 44.2 Å². The fraction of sp³-hybridized carbons (Fsp3) is 0.389. The fourth-order valence-electron chi connectivity index (χ4n) is 2.52. The summed E-state index contributed by atoms with van der Waals surface area (Å²) in [6.07, 6.45) is 1.73. The molecule has 0 saturated heterocycles. The number of ether oxygens (including phenoxy) is 1. The molecule has 22 heavy (non-hydrogen) atoms. The second-order valence-electron chi connectivity index (χ2n) is 5.77. The average Bonchev–Trinajstić information content (AvgIpc) is 2.51. The van der Waals surface area contributed by atoms with Gasteiger partial charge in [-0.2, -0.15) is 0 Å². The molecule has 0 saturated carbocycles. The Bertz CT molecular complexity index is 662. The normalized spacial score (nSPS) is 12.4. The molecule has 0 aliphatic rings. The van der Waals surface area contributed by atoms with Gasteiger partial charge in [0.05, 0.1) is 18.3 Å². The Morgan fingerprint density at radius 1 is 1.18 bits per heavy atom. The van der Waals surface area contributed by atoms with E-state index in [4.69, 9.17) is 4.74 Å². The van der Waals surface area contributed by atoms with Crippen LogP contribution in [0.15, 0.2) is 47.4 Å². The second kappa shape index (κ2) is 7.27. The molecule has 0 aliphatic heterocycles. The molecule has 2 rings (SSSR count). The molecule has 1 aromatic carbocycles. The van der Waals surface area contributed by atoms with E-state index in [0.29, 0.717) is 12.4 Å². The van der Waals surface area contributed by atoms with E-state index in [0.717, 1.165) is 11.3 Å². The summed E-state index contributed by atoms with van der Waals surface area (Å²) in [6.45, 7) is 6.32. The van der Waals surface area contributed by atoms with Gasteiger partial charge in [-0.3, -0.25) is 4.79 Å². The lowest BCUT2D eigenvalue weighted by Gasteiger charge is -2.25. The van der Waals surface area contributed by atoms with Crippen LogP contribution in [0.2, 0.25) is 0 Å². The molecule has 0 spiro atoms. The van der Waals surface area contributed by atoms with Crippen molar-refractivity contribution in [2.75, 3.05) is 6.61 Å². The minimum absolute atomic E-state index is 0.0273. The highest BCUT2D eigenvalue weighted by atomic mass is 16.5. The van der Waals surface area contributed by atoms with Crippen LogP contribution in [0.5, 0.6) is 5.75 Å². The summed E-state index contributed by atoms with van der Waals surface area (Å²) < 4.78 is 7.68. The van der Waals surface area contributed by atoms with Gasteiger partial charge < -0.3 is 14.4 Å². The SMILES string of the molecule is Cc1c(OCc2ccccc2)c(=O)ccn1C(CO)C(C)C. The second-order valence-corrected chi connectivity index (χ2v) is 5.77. The van der Waals surface area contributed by atoms with Gasteiger partial charge in [0, 0.05) is 12.3 Å². The Morgan fingerprint density at radius 3 is 2.45 bits per heavy atom. The lowest BCUT2D eigenvalue weighted by atomic mass is 10.0. The number of hydrogen-bond acceptors (Lipinski definition) is 3. The van der Waals surface area contributed by atoms with E-state index in [1.54, 1.807) is 6.20 Å². The smallest absolute Gasteiger partial charge is 0.223 e. The Hall–Kier alpha value is -2.07. The predicted octanol–water partition coefficient (Wildman–Crippen LogP) is 2.93. The van der Waals surface area contributed by atoms with Gasteiger partial charge in [-0.25, -0.2) is 0 Å². The molecule has 0 aliphatic carbocycles. The zero-order valence-corrected chi connectivity index (χ0v) is 13.3. The molecule has 4 heteroatoms. The molecule has 1 unspecified atom stereocenters. The van der Waals surface area contributed by atoms with Crippen molar-refractivity contribution in [3.05, 3.63) is 64.1 Å². The number of aliphatic hydroxyl groups excluding tert-OH is 1. The zero-order valence-electron chi connectivity index (χ0n) is 13.3. The topological polar surface area (TPSA) is 51.5 Å². The highest BCUT2D eigenvalue weighted by molar-refractivity contribution is 5.28. The maximum Gasteiger partial charge on any atom is 0.223 e. The monoisotopic (exact) mass is 301 g/mol. The van der Waals surface area contributed by atoms with Crippen molar-refractivity contribution in [1.29, 1.82) is 0 Å². The van der Waals surface area contributed by atoms with Crippen LogP contribution in [0.4, 0.5) is 0 Å². The number of benzene rings is 1. The largest absolute Gasteiger partial charge is 0.483 e. The molecule has 1 atom stereocenters. The molecule has 118 valence electrons. The van der Waals surface area contributed by atoms with E-state index in [-0.39, 0.29) is 24.0 Å². The predicted molar refractivity (Wildman–Crippen MR) is 87.2 cm³/mol. The van der Waals surface area contributed by atoms with E-state index in [2.05, 4.69) is 0 Å². The Labute approximate surface area is 131 Å². The maximum atomic E-state index is 12.1. The Kier molecular flexibility index (Phi) is 5.39. The lowest BCUT2D eigenvalue weighted by molar-refractivity contribution is 0.188. The standard InChI is InChI=1S/C18H23NO3/c1-13(2)16(11-20)19-10-9-17(21)18(14(19)3)22-12-15-7-5-4-6-8-15/h4-10,13,16,20H,11-12H2,1-3H3. The quantitative estimate of drug-likeness (QED) is 0.892. The van der Waals surface area contributed by atoms with Crippen molar-refractivity contribution < 1.29 is 9.84 Å². The molecule has 1 heterocycles. The Balaban J connectivity index is 2.29. The van der Waals surface area contributed by atoms with Crippen LogP contribution in [-0.2, 0) is 6.61 Å². The summed E-state index contributed by atoms with van der Waals surface area (Å²) in [5, 5.41) is 9.60. The molecule has 2 aromatic rings. The van der Waals surface area contributed by atoms with Crippen molar-refractivity contribution in [2.24, 2.45) is 5.92 Å². The van der Waals surface area contributed by atoms with Crippen LogP contribution < -0.4 is 10.2 Å². The number of aromatic nitrogens is 1. The van der Waals surface area contributed by atoms with Crippen LogP contribution in [-0.4, -0.2) is 16.3 Å². The van der Waals surface area contributed by atoms with Crippen molar-refractivity contribution in [1.82, 2.24) is 4.57 Å². The lowest BCUT2D eigenvalue weighted by Crippen LogP contribution is -2.24. The molecule has 1 aromatic heterocycles. The first-order chi connectivity index (χ1) is 10.5. The van der Waals surface area contributed by atoms with Gasteiger partial charge in [0.15, 0.2) is 5.75 Å². The van der Waals surface area contributed by atoms with Gasteiger partial charge in [0.25, 0.3) is 0 Å². The zero-order chi connectivity index (χ0) is 16.1. The number of hydrogen-bond donors (Lipinski definition) is 1. The third-order valence-corrected chi connectivity index (χ3v) is 3.87. The molecule has 4 nitrogen and oxygen atoms in total. The number of nitrogens with zero attached hydrogens (tertiary/aromatic N) is 1. The van der Waals surface area contributed by atoms with Crippen LogP contribution in [0.1, 0.15) is 31.1 Å². The minimum atomic E-state index is -0.134. The molecule has 0 fully saturated rings. The average molecular weight is 301 g/mol. The van der Waals surface area contributed by atoms with Crippen molar-refractivity contribution >= 4 is 0 Å². The number of pyridine rings is 1. The summed E-state index contributed by atoms with van der Waals surface area (Å²) in [5.74, 6) is 0.610. The van der Waals surface area contributed by atoms with Crippen molar-refractivity contribution in [3.8, 4) is 5.75 Å². The molecule has 0 bridgehead atoms. The summed E-state index contributed by atoms with van der Waals surface area (Å²) in [4.78, 5) is 12.1. The van der Waals surface area contributed by atoms with E-state index >= 15 is 0 Å². The third-order valence-electron chi connectivity index (χ3n) is 3.87. The summed E-state index contributed by atoms with van der Waals surface area (Å²) >= 11 is 0. The maximum absolute atomic E-state index is 12.1. The third kappa shape index (κ3) is 3.57. The van der Waals surface area contributed by atoms with E-state index < -0.39 is 0 Å². The van der Waals surface area contributed by atoms with Crippen molar-refractivity contribution in [2.45, 2.75) is 33.4 Å². The van der Waals surface area contributed by atoms with E-state index in [9.17, 15) is 9.90 Å². The van der Waals surface area contributed by atoms with Gasteiger partial charge in [0.1, 0.15) is 6.61 Å². The van der Waals surface area contributed by atoms with Crippen LogP contribution in [0.3, 0.4) is 0 Å². The highest BCUT2D eigenvalue weighted by Gasteiger charge is 2.18. The van der Waals surface area contributed by atoms with Gasteiger partial charge in [-0.15, -0.1) is 0 Å². The first-order valence-corrected chi connectivity index (χ1v) is 7.54. The van der Waals surface area contributed by atoms with Crippen molar-refractivity contribution in [3.63, 3.8) is 0 Å². The van der Waals surface area contributed by atoms with E-state index in [1.807, 2.05) is 55.7 Å². The Morgan fingerprint density at radius 2 is 1.86 bits per heavy atom. The molecule has 0 amide bonds. The van der Waals surface area contributed by atoms with Gasteiger partial charge in [0.2, 0.25) is 5.43 Å². The van der Waals surface area contributed by atoms with Crippen LogP contribution in [0, 0.1) is 12.8 Å². The summed E-state index contributed by atoms with van der Waals surface area (Å²) in [6, 6.07) is 11.2. The number of rotatable bonds is 6. The molecular formula is C18H23NO3. The number of aliphatic hydroxyl groups is 1. The van der Waals surface area contributed by atoms with Crippen LogP contribution in [0.25, 0.3) is 0 Å². The molecule has 1 N–H and O–H groups in total. The molecule has 0 radical (unpaired) electrons. The van der Waals surface area contributed by atoms with Gasteiger partial charge >= 0.3 is 0 Å². The summed E-state index contributed by atoms with van der Waals surface area (Å²) in [5.41, 5.74) is 1.63.